The summed E-state index contributed by atoms with van der Waals surface area (Å²) in [6.45, 7) is 0. The topological polar surface area (TPSA) is 74.3 Å². The summed E-state index contributed by atoms with van der Waals surface area (Å²) in [5.41, 5.74) is 0. The fraction of sp³-hybridized carbons (Fsp3) is 0. The first-order chi connectivity index (χ1) is 8.00. The van der Waals surface area contributed by atoms with Crippen LogP contribution in [0.5, 0.6) is 11.5 Å². The Bertz CT molecular complexity index is 561. The summed E-state index contributed by atoms with van der Waals surface area (Å²) in [5, 5.41) is 20.0. The summed E-state index contributed by atoms with van der Waals surface area (Å²) in [4.78, 5) is 0.136. The molecule has 2 aromatic rings. The molecule has 1 N–H and O–H groups in total. The molecular formula is C12H9O4S. The second-order valence-corrected chi connectivity index (χ2v) is 5.42. The molecule has 5 heteroatoms. The Morgan fingerprint density at radius 2 is 1.18 bits per heavy atom. The lowest BCUT2D eigenvalue weighted by Crippen LogP contribution is -2.01. The van der Waals surface area contributed by atoms with Gasteiger partial charge in [-0.15, -0.1) is 0 Å². The molecule has 17 heavy (non-hydrogen) atoms. The second kappa shape index (κ2) is 4.10. The van der Waals surface area contributed by atoms with Crippen molar-refractivity contribution >= 4 is 9.84 Å². The standard InChI is InChI=1S/C12H9O4S/c13-9-1-5-11(6-2-9)17(15,16)12-7-3-10(14)4-8-12/h1-8,13H. The van der Waals surface area contributed by atoms with E-state index in [1.165, 1.54) is 48.5 Å². The average Bonchev–Trinajstić information content (AvgIpc) is 2.30. The third kappa shape index (κ3) is 2.24. The third-order valence-electron chi connectivity index (χ3n) is 2.28. The van der Waals surface area contributed by atoms with Crippen LogP contribution in [0.15, 0.2) is 58.3 Å². The quantitative estimate of drug-likeness (QED) is 0.887. The first-order valence-electron chi connectivity index (χ1n) is 4.81. The van der Waals surface area contributed by atoms with Gasteiger partial charge in [0.05, 0.1) is 9.79 Å². The van der Waals surface area contributed by atoms with Crippen LogP contribution in [0.25, 0.3) is 0 Å². The molecular weight excluding hydrogens is 240 g/mol. The van der Waals surface area contributed by atoms with Crippen LogP contribution in [0.4, 0.5) is 0 Å². The minimum Gasteiger partial charge on any atom is -0.508 e. The Balaban J connectivity index is 2.50. The fourth-order valence-corrected chi connectivity index (χ4v) is 2.64. The largest absolute Gasteiger partial charge is 0.508 e. The SMILES string of the molecule is [O]c1ccc(S(=O)(=O)c2ccc(O)cc2)cc1. The summed E-state index contributed by atoms with van der Waals surface area (Å²) in [6, 6.07) is 10.2. The summed E-state index contributed by atoms with van der Waals surface area (Å²) >= 11 is 0. The fourth-order valence-electron chi connectivity index (χ4n) is 1.38. The van der Waals surface area contributed by atoms with Crippen LogP contribution in [-0.2, 0) is 14.9 Å². The molecule has 0 heterocycles. The molecule has 4 nitrogen and oxygen atoms in total. The zero-order valence-electron chi connectivity index (χ0n) is 8.70. The van der Waals surface area contributed by atoms with E-state index in [1.54, 1.807) is 0 Å². The van der Waals surface area contributed by atoms with Crippen LogP contribution in [0.3, 0.4) is 0 Å². The number of rotatable bonds is 2. The Kier molecular flexibility index (Phi) is 2.77. The molecule has 0 saturated heterocycles. The Labute approximate surface area is 98.7 Å². The van der Waals surface area contributed by atoms with Crippen molar-refractivity contribution < 1.29 is 18.6 Å². The molecule has 2 aromatic carbocycles. The monoisotopic (exact) mass is 249 g/mol. The highest BCUT2D eigenvalue weighted by Crippen LogP contribution is 2.24. The highest BCUT2D eigenvalue weighted by atomic mass is 32.2. The van der Waals surface area contributed by atoms with E-state index in [-0.39, 0.29) is 21.3 Å². The maximum absolute atomic E-state index is 12.1. The highest BCUT2D eigenvalue weighted by Gasteiger charge is 2.17. The van der Waals surface area contributed by atoms with Gasteiger partial charge in [0.15, 0.2) is 5.75 Å². The van der Waals surface area contributed by atoms with Crippen molar-refractivity contribution in [3.8, 4) is 11.5 Å². The van der Waals surface area contributed by atoms with Gasteiger partial charge in [-0.25, -0.2) is 8.42 Å². The van der Waals surface area contributed by atoms with Crippen LogP contribution in [-0.4, -0.2) is 13.5 Å². The van der Waals surface area contributed by atoms with Gasteiger partial charge in [0.1, 0.15) is 5.75 Å². The molecule has 0 spiro atoms. The highest BCUT2D eigenvalue weighted by molar-refractivity contribution is 7.91. The minimum absolute atomic E-state index is 0.00106. The van der Waals surface area contributed by atoms with E-state index in [1.807, 2.05) is 0 Å². The normalized spacial score (nSPS) is 11.3. The van der Waals surface area contributed by atoms with Crippen LogP contribution in [0.1, 0.15) is 0 Å². The smallest absolute Gasteiger partial charge is 0.206 e. The van der Waals surface area contributed by atoms with E-state index in [4.69, 9.17) is 5.11 Å². The van der Waals surface area contributed by atoms with Gasteiger partial charge in [0.25, 0.3) is 0 Å². The van der Waals surface area contributed by atoms with Gasteiger partial charge >= 0.3 is 0 Å². The molecule has 0 aliphatic rings. The summed E-state index contributed by atoms with van der Waals surface area (Å²) in [6.07, 6.45) is 0. The second-order valence-electron chi connectivity index (χ2n) is 3.47. The molecule has 0 amide bonds. The first kappa shape index (κ1) is 11.5. The van der Waals surface area contributed by atoms with E-state index >= 15 is 0 Å². The van der Waals surface area contributed by atoms with Gasteiger partial charge in [-0.1, -0.05) is 0 Å². The predicted molar refractivity (Wildman–Crippen MR) is 60.1 cm³/mol. The van der Waals surface area contributed by atoms with Crippen molar-refractivity contribution in [2.24, 2.45) is 0 Å². The molecule has 0 aliphatic heterocycles. The zero-order chi connectivity index (χ0) is 12.5. The van der Waals surface area contributed by atoms with Crippen molar-refractivity contribution in [2.75, 3.05) is 0 Å². The van der Waals surface area contributed by atoms with Crippen LogP contribution in [0, 0.1) is 0 Å². The minimum atomic E-state index is -3.62. The number of phenols is 1. The lowest BCUT2D eigenvalue weighted by Gasteiger charge is -2.04. The van der Waals surface area contributed by atoms with Gasteiger partial charge in [0.2, 0.25) is 9.84 Å². The Morgan fingerprint density at radius 1 is 0.765 bits per heavy atom. The lowest BCUT2D eigenvalue weighted by molar-refractivity contribution is 0.354. The van der Waals surface area contributed by atoms with Crippen LogP contribution < -0.4 is 0 Å². The summed E-state index contributed by atoms with van der Waals surface area (Å²) < 4.78 is 24.1. The van der Waals surface area contributed by atoms with Crippen molar-refractivity contribution in [1.82, 2.24) is 0 Å². The van der Waals surface area contributed by atoms with E-state index in [0.717, 1.165) is 0 Å². The van der Waals surface area contributed by atoms with Gasteiger partial charge in [0, 0.05) is 0 Å². The molecule has 1 radical (unpaired) electrons. The molecule has 0 unspecified atom stereocenters. The van der Waals surface area contributed by atoms with Crippen LogP contribution >= 0.6 is 0 Å². The average molecular weight is 249 g/mol. The summed E-state index contributed by atoms with van der Waals surface area (Å²) in [5.74, 6) is -0.242. The molecule has 2 rings (SSSR count). The van der Waals surface area contributed by atoms with Crippen molar-refractivity contribution in [3.05, 3.63) is 48.5 Å². The maximum Gasteiger partial charge on any atom is 0.206 e. The molecule has 87 valence electrons. The lowest BCUT2D eigenvalue weighted by atomic mass is 10.3. The van der Waals surface area contributed by atoms with E-state index in [2.05, 4.69) is 0 Å². The van der Waals surface area contributed by atoms with Crippen molar-refractivity contribution in [3.63, 3.8) is 0 Å². The number of phenolic OH excluding ortho intramolecular Hbond substituents is 1. The predicted octanol–water partition coefficient (Wildman–Crippen LogP) is 2.37. The van der Waals surface area contributed by atoms with Gasteiger partial charge in [-0.3, -0.25) is 5.11 Å². The summed E-state index contributed by atoms with van der Waals surface area (Å²) in [7, 11) is -3.62. The Hall–Kier alpha value is -2.01. The number of sulfone groups is 1. The zero-order valence-corrected chi connectivity index (χ0v) is 9.52. The molecule has 0 aliphatic carbocycles. The third-order valence-corrected chi connectivity index (χ3v) is 4.07. The van der Waals surface area contributed by atoms with E-state index in [9.17, 15) is 13.5 Å². The first-order valence-corrected chi connectivity index (χ1v) is 6.30. The van der Waals surface area contributed by atoms with Crippen molar-refractivity contribution in [1.29, 1.82) is 0 Å². The van der Waals surface area contributed by atoms with E-state index < -0.39 is 9.84 Å². The van der Waals surface area contributed by atoms with Crippen molar-refractivity contribution in [2.45, 2.75) is 9.79 Å². The van der Waals surface area contributed by atoms with Gasteiger partial charge < -0.3 is 5.11 Å². The number of aromatic hydroxyl groups is 1. The molecule has 0 atom stereocenters. The Morgan fingerprint density at radius 3 is 1.65 bits per heavy atom. The van der Waals surface area contributed by atoms with Gasteiger partial charge in [-0.2, -0.15) is 0 Å². The number of hydrogen-bond donors (Lipinski definition) is 1. The maximum atomic E-state index is 12.1. The van der Waals surface area contributed by atoms with Crippen LogP contribution in [0.2, 0.25) is 0 Å². The van der Waals surface area contributed by atoms with Gasteiger partial charge in [-0.05, 0) is 48.5 Å². The number of hydrogen-bond acceptors (Lipinski definition) is 3. The molecule has 0 aromatic heterocycles. The number of benzene rings is 2. The molecule has 0 fully saturated rings. The molecule has 0 bridgehead atoms. The molecule has 0 saturated carbocycles. The van der Waals surface area contributed by atoms with E-state index in [0.29, 0.717) is 0 Å².